The molecule has 2 rings (SSSR count). The van der Waals surface area contributed by atoms with E-state index >= 15 is 0 Å². The van der Waals surface area contributed by atoms with Gasteiger partial charge in [-0.15, -0.1) is 5.10 Å². The first-order chi connectivity index (χ1) is 7.65. The predicted molar refractivity (Wildman–Crippen MR) is 70.6 cm³/mol. The molecule has 0 bridgehead atoms. The fourth-order valence-corrected chi connectivity index (χ4v) is 2.38. The smallest absolute Gasteiger partial charge is 0.206 e. The summed E-state index contributed by atoms with van der Waals surface area (Å²) in [6.07, 6.45) is 0. The highest BCUT2D eigenvalue weighted by Gasteiger charge is 2.05. The van der Waals surface area contributed by atoms with Crippen LogP contribution in [0.25, 0.3) is 0 Å². The van der Waals surface area contributed by atoms with Crippen molar-refractivity contribution < 1.29 is 0 Å². The van der Waals surface area contributed by atoms with Crippen molar-refractivity contribution in [2.45, 2.75) is 13.5 Å². The molecule has 1 aromatic heterocycles. The summed E-state index contributed by atoms with van der Waals surface area (Å²) in [5, 5.41) is 7.86. The molecule has 1 aromatic carbocycles. The number of rotatable bonds is 3. The number of anilines is 1. The van der Waals surface area contributed by atoms with Gasteiger partial charge >= 0.3 is 0 Å². The molecule has 2 aromatic rings. The maximum absolute atomic E-state index is 5.01. The molecule has 5 heteroatoms. The van der Waals surface area contributed by atoms with E-state index in [0.29, 0.717) is 3.95 Å². The van der Waals surface area contributed by atoms with E-state index in [9.17, 15) is 0 Å². The lowest BCUT2D eigenvalue weighted by molar-refractivity contribution is 0.892. The van der Waals surface area contributed by atoms with Gasteiger partial charge in [-0.05, 0) is 24.7 Å². The highest BCUT2D eigenvalue weighted by atomic mass is 32.1. The van der Waals surface area contributed by atoms with Gasteiger partial charge in [0.15, 0.2) is 3.95 Å². The van der Waals surface area contributed by atoms with Crippen LogP contribution in [0.1, 0.15) is 11.1 Å². The second-order valence-corrected chi connectivity index (χ2v) is 5.39. The minimum absolute atomic E-state index is 0.714. The third-order valence-electron chi connectivity index (χ3n) is 2.26. The first kappa shape index (κ1) is 11.3. The number of nitrogens with zero attached hydrogens (tertiary/aromatic N) is 2. The van der Waals surface area contributed by atoms with Crippen LogP contribution < -0.4 is 4.90 Å². The van der Waals surface area contributed by atoms with E-state index in [1.165, 1.54) is 22.5 Å². The van der Waals surface area contributed by atoms with Gasteiger partial charge in [0.25, 0.3) is 0 Å². The Morgan fingerprint density at radius 3 is 2.94 bits per heavy atom. The van der Waals surface area contributed by atoms with Crippen LogP contribution in [0.4, 0.5) is 5.13 Å². The zero-order valence-corrected chi connectivity index (χ0v) is 10.9. The third-order valence-corrected chi connectivity index (χ3v) is 3.46. The Morgan fingerprint density at radius 1 is 1.50 bits per heavy atom. The van der Waals surface area contributed by atoms with Crippen LogP contribution in [-0.4, -0.2) is 17.2 Å². The molecule has 0 unspecified atom stereocenters. The Balaban J connectivity index is 2.13. The summed E-state index contributed by atoms with van der Waals surface area (Å²) in [6.45, 7) is 2.94. The molecule has 0 amide bonds. The Bertz CT molecular complexity index is 530. The quantitative estimate of drug-likeness (QED) is 0.850. The van der Waals surface area contributed by atoms with E-state index in [0.717, 1.165) is 11.7 Å². The van der Waals surface area contributed by atoms with Crippen molar-refractivity contribution in [3.05, 3.63) is 39.3 Å². The van der Waals surface area contributed by atoms with Crippen molar-refractivity contribution in [2.24, 2.45) is 0 Å². The normalized spacial score (nSPS) is 10.4. The molecule has 0 spiro atoms. The average molecular weight is 251 g/mol. The zero-order valence-electron chi connectivity index (χ0n) is 9.23. The zero-order chi connectivity index (χ0) is 11.5. The van der Waals surface area contributed by atoms with E-state index in [4.69, 9.17) is 12.2 Å². The Kier molecular flexibility index (Phi) is 3.36. The van der Waals surface area contributed by atoms with Gasteiger partial charge in [-0.3, -0.25) is 5.10 Å². The number of benzene rings is 1. The lowest BCUT2D eigenvalue weighted by Gasteiger charge is -2.15. The number of nitrogens with one attached hydrogen (secondary N) is 1. The van der Waals surface area contributed by atoms with E-state index in [1.807, 2.05) is 7.05 Å². The summed E-state index contributed by atoms with van der Waals surface area (Å²) in [5.41, 5.74) is 2.56. The molecular formula is C11H13N3S2. The van der Waals surface area contributed by atoms with Crippen LogP contribution in [-0.2, 0) is 6.54 Å². The minimum atomic E-state index is 0.714. The lowest BCUT2D eigenvalue weighted by atomic mass is 10.1. The summed E-state index contributed by atoms with van der Waals surface area (Å²) in [7, 11) is 2.02. The van der Waals surface area contributed by atoms with Crippen molar-refractivity contribution >= 4 is 28.7 Å². The summed E-state index contributed by atoms with van der Waals surface area (Å²) < 4.78 is 0.714. The summed E-state index contributed by atoms with van der Waals surface area (Å²) >= 11 is 6.50. The van der Waals surface area contributed by atoms with E-state index in [-0.39, 0.29) is 0 Å². The van der Waals surface area contributed by atoms with E-state index in [1.54, 1.807) is 0 Å². The molecule has 16 heavy (non-hydrogen) atoms. The first-order valence-electron chi connectivity index (χ1n) is 4.97. The van der Waals surface area contributed by atoms with Crippen molar-refractivity contribution in [2.75, 3.05) is 11.9 Å². The third kappa shape index (κ3) is 2.68. The van der Waals surface area contributed by atoms with Crippen molar-refractivity contribution in [1.82, 2.24) is 10.2 Å². The average Bonchev–Trinajstić information content (AvgIpc) is 2.65. The number of hydrogen-bond acceptors (Lipinski definition) is 4. The molecule has 0 aliphatic carbocycles. The largest absolute Gasteiger partial charge is 0.345 e. The molecule has 0 saturated heterocycles. The first-order valence-corrected chi connectivity index (χ1v) is 6.20. The van der Waals surface area contributed by atoms with Crippen molar-refractivity contribution in [3.63, 3.8) is 0 Å². The van der Waals surface area contributed by atoms with Crippen LogP contribution in [0.15, 0.2) is 24.3 Å². The topological polar surface area (TPSA) is 31.9 Å². The highest BCUT2D eigenvalue weighted by molar-refractivity contribution is 7.73. The predicted octanol–water partition coefficient (Wildman–Crippen LogP) is 3.15. The van der Waals surface area contributed by atoms with Crippen LogP contribution >= 0.6 is 23.6 Å². The van der Waals surface area contributed by atoms with Crippen molar-refractivity contribution in [3.8, 4) is 0 Å². The second kappa shape index (κ2) is 4.76. The van der Waals surface area contributed by atoms with E-state index in [2.05, 4.69) is 46.3 Å². The van der Waals surface area contributed by atoms with Crippen LogP contribution in [0.5, 0.6) is 0 Å². The molecule has 84 valence electrons. The highest BCUT2D eigenvalue weighted by Crippen LogP contribution is 2.18. The van der Waals surface area contributed by atoms with Gasteiger partial charge in [0.1, 0.15) is 0 Å². The molecule has 0 aliphatic rings. The standard InChI is InChI=1S/C11H13N3S2/c1-8-4-3-5-9(6-8)7-14(2)10-12-13-11(15)16-10/h3-6H,7H2,1-2H3,(H,13,15). The minimum Gasteiger partial charge on any atom is -0.345 e. The summed E-state index contributed by atoms with van der Waals surface area (Å²) in [6, 6.07) is 8.48. The number of aryl methyl sites for hydroxylation is 1. The van der Waals surface area contributed by atoms with Gasteiger partial charge in [0.2, 0.25) is 5.13 Å². The Hall–Kier alpha value is -1.20. The number of aromatic amines is 1. The van der Waals surface area contributed by atoms with Gasteiger partial charge in [-0.1, -0.05) is 41.2 Å². The number of aromatic nitrogens is 2. The van der Waals surface area contributed by atoms with Gasteiger partial charge < -0.3 is 4.90 Å². The molecule has 0 aliphatic heterocycles. The number of hydrogen-bond donors (Lipinski definition) is 1. The van der Waals surface area contributed by atoms with E-state index < -0.39 is 0 Å². The molecule has 1 N–H and O–H groups in total. The molecular weight excluding hydrogens is 238 g/mol. The van der Waals surface area contributed by atoms with Crippen LogP contribution in [0.2, 0.25) is 0 Å². The number of H-pyrrole nitrogens is 1. The van der Waals surface area contributed by atoms with Crippen molar-refractivity contribution in [1.29, 1.82) is 0 Å². The Morgan fingerprint density at radius 2 is 2.31 bits per heavy atom. The fraction of sp³-hybridized carbons (Fsp3) is 0.273. The monoisotopic (exact) mass is 251 g/mol. The molecule has 0 atom stereocenters. The molecule has 0 fully saturated rings. The second-order valence-electron chi connectivity index (χ2n) is 3.74. The van der Waals surface area contributed by atoms with Crippen LogP contribution in [0.3, 0.4) is 0 Å². The van der Waals surface area contributed by atoms with Gasteiger partial charge in [0.05, 0.1) is 0 Å². The molecule has 3 nitrogen and oxygen atoms in total. The summed E-state index contributed by atoms with van der Waals surface area (Å²) in [4.78, 5) is 2.09. The SMILES string of the molecule is Cc1cccc(CN(C)c2n[nH]c(=S)s2)c1. The van der Waals surface area contributed by atoms with Gasteiger partial charge in [-0.25, -0.2) is 0 Å². The maximum Gasteiger partial charge on any atom is 0.206 e. The maximum atomic E-state index is 5.01. The van der Waals surface area contributed by atoms with Gasteiger partial charge in [0, 0.05) is 13.6 Å². The molecule has 0 saturated carbocycles. The molecule has 0 radical (unpaired) electrons. The Labute approximate surface area is 104 Å². The fourth-order valence-electron chi connectivity index (χ4n) is 1.54. The van der Waals surface area contributed by atoms with Gasteiger partial charge in [-0.2, -0.15) is 0 Å². The summed E-state index contributed by atoms with van der Waals surface area (Å²) in [5.74, 6) is 0. The van der Waals surface area contributed by atoms with Crippen LogP contribution in [0, 0.1) is 10.9 Å². The lowest BCUT2D eigenvalue weighted by Crippen LogP contribution is -2.16. The molecule has 1 heterocycles.